The van der Waals surface area contributed by atoms with Gasteiger partial charge in [0.05, 0.1) is 31.4 Å². The van der Waals surface area contributed by atoms with E-state index < -0.39 is 5.97 Å². The average Bonchev–Trinajstić information content (AvgIpc) is 2.65. The molecular formula is C20H16NO4-. The van der Waals surface area contributed by atoms with E-state index in [-0.39, 0.29) is 5.56 Å². The van der Waals surface area contributed by atoms with Gasteiger partial charge < -0.3 is 19.4 Å². The zero-order valence-corrected chi connectivity index (χ0v) is 13.9. The normalized spacial score (nSPS) is 11.0. The predicted octanol–water partition coefficient (Wildman–Crippen LogP) is 2.79. The molecule has 0 amide bonds. The summed E-state index contributed by atoms with van der Waals surface area (Å²) in [5.41, 5.74) is 2.07. The summed E-state index contributed by atoms with van der Waals surface area (Å²) in [5, 5.41) is 12.0. The van der Waals surface area contributed by atoms with Gasteiger partial charge in [-0.25, -0.2) is 4.98 Å². The van der Waals surface area contributed by atoms with E-state index in [1.54, 1.807) is 44.6 Å². The van der Waals surface area contributed by atoms with E-state index in [1.165, 1.54) is 6.07 Å². The van der Waals surface area contributed by atoms with Gasteiger partial charge in [-0.15, -0.1) is 0 Å². The van der Waals surface area contributed by atoms with Crippen molar-refractivity contribution in [2.75, 3.05) is 14.2 Å². The second-order valence-electron chi connectivity index (χ2n) is 5.34. The van der Waals surface area contributed by atoms with Crippen LogP contribution in [0.5, 0.6) is 11.5 Å². The van der Waals surface area contributed by atoms with Gasteiger partial charge in [-0.1, -0.05) is 18.2 Å². The van der Waals surface area contributed by atoms with E-state index in [9.17, 15) is 9.90 Å². The first-order valence-corrected chi connectivity index (χ1v) is 7.63. The van der Waals surface area contributed by atoms with Gasteiger partial charge in [0.1, 0.15) is 11.5 Å². The monoisotopic (exact) mass is 334 g/mol. The lowest BCUT2D eigenvalue weighted by Crippen LogP contribution is -2.22. The lowest BCUT2D eigenvalue weighted by atomic mass is 10.1. The molecule has 0 bridgehead atoms. The molecule has 0 atom stereocenters. The first-order chi connectivity index (χ1) is 12.1. The van der Waals surface area contributed by atoms with Crippen molar-refractivity contribution in [1.82, 2.24) is 4.98 Å². The van der Waals surface area contributed by atoms with Crippen molar-refractivity contribution in [2.45, 2.75) is 0 Å². The molecular weight excluding hydrogens is 318 g/mol. The Balaban J connectivity index is 2.03. The van der Waals surface area contributed by atoms with Crippen LogP contribution in [0.4, 0.5) is 0 Å². The summed E-state index contributed by atoms with van der Waals surface area (Å²) in [5.74, 6) is 0.115. The van der Waals surface area contributed by atoms with Crippen LogP contribution in [-0.2, 0) is 0 Å². The smallest absolute Gasteiger partial charge is 0.129 e. The second-order valence-corrected chi connectivity index (χ2v) is 5.34. The highest BCUT2D eigenvalue weighted by atomic mass is 16.5. The average molecular weight is 334 g/mol. The van der Waals surface area contributed by atoms with E-state index in [2.05, 4.69) is 4.98 Å². The number of para-hydroxylation sites is 1. The third-order valence-electron chi connectivity index (χ3n) is 3.83. The summed E-state index contributed by atoms with van der Waals surface area (Å²) in [6, 6.07) is 14.0. The Hall–Kier alpha value is -3.34. The van der Waals surface area contributed by atoms with E-state index in [0.29, 0.717) is 28.1 Å². The molecule has 3 rings (SSSR count). The number of aromatic carboxylic acids is 1. The minimum Gasteiger partial charge on any atom is -0.545 e. The predicted molar refractivity (Wildman–Crippen MR) is 94.5 cm³/mol. The molecule has 0 spiro atoms. The number of hydrogen-bond donors (Lipinski definition) is 0. The minimum absolute atomic E-state index is 0.118. The third-order valence-corrected chi connectivity index (χ3v) is 3.83. The van der Waals surface area contributed by atoms with Crippen molar-refractivity contribution in [3.8, 4) is 11.5 Å². The van der Waals surface area contributed by atoms with Crippen LogP contribution >= 0.6 is 0 Å². The maximum atomic E-state index is 11.4. The lowest BCUT2D eigenvalue weighted by Gasteiger charge is -2.09. The fourth-order valence-corrected chi connectivity index (χ4v) is 2.58. The van der Waals surface area contributed by atoms with E-state index >= 15 is 0 Å². The number of methoxy groups -OCH3 is 2. The Morgan fingerprint density at radius 2 is 1.84 bits per heavy atom. The van der Waals surface area contributed by atoms with Crippen molar-refractivity contribution in [3.05, 3.63) is 65.4 Å². The summed E-state index contributed by atoms with van der Waals surface area (Å²) < 4.78 is 10.5. The van der Waals surface area contributed by atoms with Crippen LogP contribution in [0.3, 0.4) is 0 Å². The molecule has 0 fully saturated rings. The van der Waals surface area contributed by atoms with Crippen molar-refractivity contribution in [2.24, 2.45) is 0 Å². The molecule has 3 aromatic rings. The molecule has 5 heteroatoms. The molecule has 126 valence electrons. The quantitative estimate of drug-likeness (QED) is 0.717. The summed E-state index contributed by atoms with van der Waals surface area (Å²) in [4.78, 5) is 15.9. The highest BCUT2D eigenvalue weighted by Gasteiger charge is 2.06. The topological polar surface area (TPSA) is 71.5 Å². The summed E-state index contributed by atoms with van der Waals surface area (Å²) in [7, 11) is 3.17. The largest absolute Gasteiger partial charge is 0.545 e. The number of aromatic nitrogens is 1. The molecule has 0 N–H and O–H groups in total. The summed E-state index contributed by atoms with van der Waals surface area (Å²) in [6.07, 6.45) is 3.55. The fourth-order valence-electron chi connectivity index (χ4n) is 2.58. The van der Waals surface area contributed by atoms with Crippen molar-refractivity contribution >= 4 is 29.0 Å². The first-order valence-electron chi connectivity index (χ1n) is 7.63. The number of rotatable bonds is 5. The van der Waals surface area contributed by atoms with Gasteiger partial charge in [-0.05, 0) is 36.4 Å². The molecule has 2 aromatic carbocycles. The molecule has 1 aromatic heterocycles. The molecule has 0 aliphatic rings. The van der Waals surface area contributed by atoms with Crippen LogP contribution in [-0.4, -0.2) is 25.2 Å². The van der Waals surface area contributed by atoms with Gasteiger partial charge in [0, 0.05) is 22.6 Å². The van der Waals surface area contributed by atoms with Gasteiger partial charge in [0.15, 0.2) is 0 Å². The van der Waals surface area contributed by atoms with Gasteiger partial charge in [0.25, 0.3) is 0 Å². The molecule has 5 nitrogen and oxygen atoms in total. The SMILES string of the molecule is COc1ccc(/C=C/c2cc(C(=O)[O-])c3ccccc3n2)c(OC)c1. The molecule has 0 radical (unpaired) electrons. The van der Waals surface area contributed by atoms with Crippen LogP contribution in [0.1, 0.15) is 21.6 Å². The van der Waals surface area contributed by atoms with E-state index in [4.69, 9.17) is 9.47 Å². The minimum atomic E-state index is -1.23. The first kappa shape index (κ1) is 16.5. The van der Waals surface area contributed by atoms with E-state index in [0.717, 1.165) is 5.56 Å². The van der Waals surface area contributed by atoms with Crippen molar-refractivity contribution in [3.63, 3.8) is 0 Å². The number of ether oxygens (including phenoxy) is 2. The number of fused-ring (bicyclic) bond motifs is 1. The maximum Gasteiger partial charge on any atom is 0.129 e. The van der Waals surface area contributed by atoms with Crippen LogP contribution in [0.2, 0.25) is 0 Å². The summed E-state index contributed by atoms with van der Waals surface area (Å²) >= 11 is 0. The maximum absolute atomic E-state index is 11.4. The zero-order chi connectivity index (χ0) is 17.8. The molecule has 1 heterocycles. The molecule has 25 heavy (non-hydrogen) atoms. The van der Waals surface area contributed by atoms with Crippen molar-refractivity contribution in [1.29, 1.82) is 0 Å². The number of nitrogens with zero attached hydrogens (tertiary/aromatic N) is 1. The molecule has 0 saturated carbocycles. The number of carboxylic acids is 1. The number of carboxylic acid groups (broad SMARTS) is 1. The summed E-state index contributed by atoms with van der Waals surface area (Å²) in [6.45, 7) is 0. The lowest BCUT2D eigenvalue weighted by molar-refractivity contribution is -0.254. The van der Waals surface area contributed by atoms with Gasteiger partial charge in [0.2, 0.25) is 0 Å². The Labute approximate surface area is 145 Å². The standard InChI is InChI=1S/C20H17NO4/c1-24-15-10-8-13(19(12-15)25-2)7-9-14-11-17(20(22)23)16-5-3-4-6-18(16)21-14/h3-12H,1-2H3,(H,22,23)/p-1/b9-7+. The van der Waals surface area contributed by atoms with Crippen LogP contribution in [0, 0.1) is 0 Å². The molecule has 0 unspecified atom stereocenters. The van der Waals surface area contributed by atoms with Crippen LogP contribution < -0.4 is 14.6 Å². The Morgan fingerprint density at radius 3 is 2.56 bits per heavy atom. The number of carbonyl (C=O) groups is 1. The zero-order valence-electron chi connectivity index (χ0n) is 13.9. The van der Waals surface area contributed by atoms with Crippen LogP contribution in [0.25, 0.3) is 23.1 Å². The second kappa shape index (κ2) is 7.05. The Bertz CT molecular complexity index is 963. The highest BCUT2D eigenvalue weighted by Crippen LogP contribution is 2.26. The molecule has 0 saturated heterocycles. The molecule has 0 aliphatic carbocycles. The Morgan fingerprint density at radius 1 is 1.04 bits per heavy atom. The number of carbonyl (C=O) groups excluding carboxylic acids is 1. The van der Waals surface area contributed by atoms with Gasteiger partial charge >= 0.3 is 0 Å². The number of benzene rings is 2. The van der Waals surface area contributed by atoms with Gasteiger partial charge in [-0.3, -0.25) is 0 Å². The third kappa shape index (κ3) is 3.45. The highest BCUT2D eigenvalue weighted by molar-refractivity contribution is 6.02. The fraction of sp³-hybridized carbons (Fsp3) is 0.100. The number of pyridine rings is 1. The number of hydrogen-bond acceptors (Lipinski definition) is 5. The molecule has 0 aliphatic heterocycles. The van der Waals surface area contributed by atoms with Crippen molar-refractivity contribution < 1.29 is 19.4 Å². The van der Waals surface area contributed by atoms with Crippen LogP contribution in [0.15, 0.2) is 48.5 Å². The van der Waals surface area contributed by atoms with Gasteiger partial charge in [-0.2, -0.15) is 0 Å². The van der Waals surface area contributed by atoms with E-state index in [1.807, 2.05) is 24.3 Å². The Kier molecular flexibility index (Phi) is 4.66.